The topological polar surface area (TPSA) is 101 Å². The zero-order valence-electron chi connectivity index (χ0n) is 13.1. The molecule has 126 valence electrons. The smallest absolute Gasteiger partial charge is 0.311 e. The molecular formula is C14H19N3O5S. The number of hydrogen-bond acceptors (Lipinski definition) is 6. The Labute approximate surface area is 134 Å². The second kappa shape index (κ2) is 6.53. The van der Waals surface area contributed by atoms with Crippen molar-refractivity contribution in [1.82, 2.24) is 4.90 Å². The lowest BCUT2D eigenvalue weighted by atomic mass is 10.2. The van der Waals surface area contributed by atoms with Crippen molar-refractivity contribution in [1.29, 1.82) is 0 Å². The van der Waals surface area contributed by atoms with Gasteiger partial charge in [-0.15, -0.1) is 0 Å². The summed E-state index contributed by atoms with van der Waals surface area (Å²) in [5, 5.41) is 11.4. The Morgan fingerprint density at radius 3 is 2.61 bits per heavy atom. The highest BCUT2D eigenvalue weighted by atomic mass is 32.2. The molecule has 0 N–H and O–H groups in total. The number of rotatable bonds is 6. The maximum atomic E-state index is 11.8. The van der Waals surface area contributed by atoms with E-state index < -0.39 is 20.4 Å². The van der Waals surface area contributed by atoms with Gasteiger partial charge in [0.15, 0.2) is 9.84 Å². The molecule has 0 radical (unpaired) electrons. The van der Waals surface area contributed by atoms with Gasteiger partial charge in [0.25, 0.3) is 0 Å². The van der Waals surface area contributed by atoms with E-state index in [4.69, 9.17) is 0 Å². The summed E-state index contributed by atoms with van der Waals surface area (Å²) in [6.45, 7) is 1.54. The fourth-order valence-electron chi connectivity index (χ4n) is 2.63. The number of likely N-dealkylation sites (N-methyl/N-ethyl adjacent to an activating group) is 1. The van der Waals surface area contributed by atoms with Crippen LogP contribution in [0.2, 0.25) is 0 Å². The van der Waals surface area contributed by atoms with Gasteiger partial charge in [-0.05, 0) is 18.6 Å². The summed E-state index contributed by atoms with van der Waals surface area (Å²) in [7, 11) is -2.06. The number of benzene rings is 1. The largest absolute Gasteiger partial charge is 0.367 e. The molecular weight excluding hydrogens is 322 g/mol. The number of anilines is 1. The van der Waals surface area contributed by atoms with Gasteiger partial charge >= 0.3 is 5.69 Å². The lowest BCUT2D eigenvalue weighted by molar-refractivity contribution is -0.387. The van der Waals surface area contributed by atoms with E-state index in [9.17, 15) is 23.3 Å². The molecule has 1 aliphatic heterocycles. The number of hydrogen-bond donors (Lipinski definition) is 0. The predicted molar refractivity (Wildman–Crippen MR) is 85.3 cm³/mol. The zero-order chi connectivity index (χ0) is 17.2. The molecule has 0 unspecified atom stereocenters. The van der Waals surface area contributed by atoms with Crippen LogP contribution >= 0.6 is 0 Å². The third-order valence-electron chi connectivity index (χ3n) is 3.85. The van der Waals surface area contributed by atoms with E-state index in [2.05, 4.69) is 0 Å². The third-order valence-corrected chi connectivity index (χ3v) is 4.98. The summed E-state index contributed by atoms with van der Waals surface area (Å²) in [4.78, 5) is 25.3. The quantitative estimate of drug-likeness (QED) is 0.566. The molecule has 1 amide bonds. The minimum Gasteiger partial charge on any atom is -0.367 e. The van der Waals surface area contributed by atoms with E-state index in [-0.39, 0.29) is 16.5 Å². The van der Waals surface area contributed by atoms with Crippen LogP contribution in [-0.2, 0) is 14.6 Å². The van der Waals surface area contributed by atoms with Gasteiger partial charge in [0.1, 0.15) is 10.6 Å². The van der Waals surface area contributed by atoms with E-state index in [0.717, 1.165) is 12.7 Å². The van der Waals surface area contributed by atoms with E-state index in [0.29, 0.717) is 26.1 Å². The molecule has 9 heteroatoms. The van der Waals surface area contributed by atoms with Crippen LogP contribution in [-0.4, -0.2) is 57.1 Å². The molecule has 0 aliphatic carbocycles. The minimum atomic E-state index is -3.71. The number of nitrogens with zero attached hydrogens (tertiary/aromatic N) is 3. The van der Waals surface area contributed by atoms with Gasteiger partial charge in [0, 0.05) is 39.4 Å². The molecule has 0 saturated carbocycles. The Hall–Kier alpha value is -2.16. The second-order valence-electron chi connectivity index (χ2n) is 5.56. The second-order valence-corrected chi connectivity index (χ2v) is 7.54. The highest BCUT2D eigenvalue weighted by Gasteiger charge is 2.28. The number of sulfone groups is 1. The number of carbonyl (C=O) groups excluding carboxylic acids is 1. The number of nitro benzene ring substituents is 1. The number of likely N-dealkylation sites (tertiary alicyclic amines) is 1. The third kappa shape index (κ3) is 3.79. The van der Waals surface area contributed by atoms with Crippen molar-refractivity contribution in [3.05, 3.63) is 28.3 Å². The van der Waals surface area contributed by atoms with Crippen LogP contribution in [0.15, 0.2) is 23.1 Å². The van der Waals surface area contributed by atoms with Crippen LogP contribution in [0.5, 0.6) is 0 Å². The number of para-hydroxylation sites is 1. The van der Waals surface area contributed by atoms with Crippen LogP contribution in [0.4, 0.5) is 11.4 Å². The SMILES string of the molecule is CN(CCN1CCCC1=O)c1cccc(S(C)(=O)=O)c1[N+](=O)[O-]. The fraction of sp³-hybridized carbons (Fsp3) is 0.500. The minimum absolute atomic E-state index is 0.0813. The molecule has 1 aliphatic rings. The standard InChI is InChI=1S/C14H19N3O5S/c1-15(9-10-16-8-4-7-13(16)18)11-5-3-6-12(23(2,21)22)14(11)17(19)20/h3,5-6H,4,7-10H2,1-2H3. The molecule has 0 bridgehead atoms. The molecule has 0 spiro atoms. The number of carbonyl (C=O) groups is 1. The number of amides is 1. The molecule has 0 atom stereocenters. The molecule has 0 aromatic heterocycles. The summed E-state index contributed by atoms with van der Waals surface area (Å²) < 4.78 is 23.5. The van der Waals surface area contributed by atoms with Crippen LogP contribution in [0.3, 0.4) is 0 Å². The van der Waals surface area contributed by atoms with Gasteiger partial charge in [0.05, 0.1) is 4.92 Å². The molecule has 23 heavy (non-hydrogen) atoms. The Morgan fingerprint density at radius 2 is 2.09 bits per heavy atom. The summed E-state index contributed by atoms with van der Waals surface area (Å²) in [6.07, 6.45) is 2.31. The van der Waals surface area contributed by atoms with Crippen LogP contribution < -0.4 is 4.90 Å². The zero-order valence-corrected chi connectivity index (χ0v) is 13.9. The van der Waals surface area contributed by atoms with Crippen LogP contribution in [0.25, 0.3) is 0 Å². The van der Waals surface area contributed by atoms with E-state index in [1.54, 1.807) is 16.8 Å². The van der Waals surface area contributed by atoms with Crippen LogP contribution in [0.1, 0.15) is 12.8 Å². The molecule has 2 rings (SSSR count). The van der Waals surface area contributed by atoms with Gasteiger partial charge in [-0.25, -0.2) is 8.42 Å². The first kappa shape index (κ1) is 17.2. The average molecular weight is 341 g/mol. The molecule has 8 nitrogen and oxygen atoms in total. The summed E-state index contributed by atoms with van der Waals surface area (Å²) in [6, 6.07) is 4.23. The molecule has 1 saturated heterocycles. The summed E-state index contributed by atoms with van der Waals surface area (Å²) in [5.41, 5.74) is -0.199. The Balaban J connectivity index is 2.27. The normalized spacial score (nSPS) is 15.0. The van der Waals surface area contributed by atoms with Crippen molar-refractivity contribution < 1.29 is 18.1 Å². The summed E-state index contributed by atoms with van der Waals surface area (Å²) in [5.74, 6) is 0.0813. The highest BCUT2D eigenvalue weighted by molar-refractivity contribution is 7.90. The Morgan fingerprint density at radius 1 is 1.39 bits per heavy atom. The average Bonchev–Trinajstić information content (AvgIpc) is 2.88. The van der Waals surface area contributed by atoms with E-state index in [1.165, 1.54) is 18.2 Å². The fourth-order valence-corrected chi connectivity index (χ4v) is 3.49. The van der Waals surface area contributed by atoms with Gasteiger partial charge in [-0.3, -0.25) is 14.9 Å². The highest BCUT2D eigenvalue weighted by Crippen LogP contribution is 2.34. The van der Waals surface area contributed by atoms with Crippen LogP contribution in [0, 0.1) is 10.1 Å². The van der Waals surface area contributed by atoms with Crippen molar-refractivity contribution in [3.63, 3.8) is 0 Å². The molecule has 1 aromatic carbocycles. The van der Waals surface area contributed by atoms with Crippen molar-refractivity contribution in [2.45, 2.75) is 17.7 Å². The lowest BCUT2D eigenvalue weighted by Gasteiger charge is -2.23. The first-order valence-electron chi connectivity index (χ1n) is 7.18. The maximum absolute atomic E-state index is 11.8. The lowest BCUT2D eigenvalue weighted by Crippen LogP contribution is -2.34. The maximum Gasteiger partial charge on any atom is 0.311 e. The molecule has 1 heterocycles. The van der Waals surface area contributed by atoms with Gasteiger partial charge < -0.3 is 9.80 Å². The summed E-state index contributed by atoms with van der Waals surface area (Å²) >= 11 is 0. The number of nitro groups is 1. The van der Waals surface area contributed by atoms with Crippen molar-refractivity contribution in [2.24, 2.45) is 0 Å². The van der Waals surface area contributed by atoms with Crippen molar-refractivity contribution in [2.75, 3.05) is 37.8 Å². The van der Waals surface area contributed by atoms with Gasteiger partial charge in [0.2, 0.25) is 5.91 Å². The van der Waals surface area contributed by atoms with Crippen molar-refractivity contribution in [3.8, 4) is 0 Å². The van der Waals surface area contributed by atoms with Crippen molar-refractivity contribution >= 4 is 27.1 Å². The van der Waals surface area contributed by atoms with Gasteiger partial charge in [-0.2, -0.15) is 0 Å². The Kier molecular flexibility index (Phi) is 4.88. The van der Waals surface area contributed by atoms with E-state index in [1.807, 2.05) is 0 Å². The van der Waals surface area contributed by atoms with Gasteiger partial charge in [-0.1, -0.05) is 6.07 Å². The molecule has 1 fully saturated rings. The predicted octanol–water partition coefficient (Wildman–Crippen LogP) is 1.06. The first-order valence-corrected chi connectivity index (χ1v) is 9.07. The molecule has 1 aromatic rings. The monoisotopic (exact) mass is 341 g/mol. The Bertz CT molecular complexity index is 732. The first-order chi connectivity index (χ1) is 10.7. The van der Waals surface area contributed by atoms with E-state index >= 15 is 0 Å².